The highest BCUT2D eigenvalue weighted by molar-refractivity contribution is 5.92. The van der Waals surface area contributed by atoms with Crippen LogP contribution in [0.4, 0.5) is 5.69 Å². The Bertz CT molecular complexity index is 497. The summed E-state index contributed by atoms with van der Waals surface area (Å²) in [7, 11) is 3.19. The predicted molar refractivity (Wildman–Crippen MR) is 86.8 cm³/mol. The van der Waals surface area contributed by atoms with E-state index in [2.05, 4.69) is 12.2 Å². The summed E-state index contributed by atoms with van der Waals surface area (Å²) in [5.74, 6) is 2.20. The number of carbonyl (C=O) groups is 1. The third-order valence-electron chi connectivity index (χ3n) is 4.37. The van der Waals surface area contributed by atoms with Crippen LogP contribution in [0.15, 0.2) is 18.2 Å². The minimum Gasteiger partial charge on any atom is -0.497 e. The fourth-order valence-corrected chi connectivity index (χ4v) is 2.83. The predicted octanol–water partition coefficient (Wildman–Crippen LogP) is 1.35. The molecule has 1 aliphatic heterocycles. The second-order valence-electron chi connectivity index (χ2n) is 6.05. The van der Waals surface area contributed by atoms with Crippen LogP contribution < -0.4 is 19.7 Å². The average Bonchev–Trinajstić information content (AvgIpc) is 2.54. The Kier molecular flexibility index (Phi) is 6.07. The molecule has 0 bridgehead atoms. The standard InChI is InChI=1S/C17H26N2O3/c1-13-6-9-19(10-7-13)11-8-17(20)18-15-5-4-14(21-2)12-16(15)22-3/h4-5,12-13H,6-11H2,1-3H3,(H,18,20)/p+1. The van der Waals surface area contributed by atoms with Crippen LogP contribution in [0.2, 0.25) is 0 Å². The number of rotatable bonds is 6. The van der Waals surface area contributed by atoms with E-state index in [-0.39, 0.29) is 5.91 Å². The van der Waals surface area contributed by atoms with Gasteiger partial charge in [0.15, 0.2) is 0 Å². The molecule has 5 heteroatoms. The molecule has 122 valence electrons. The molecule has 0 aromatic heterocycles. The first-order valence-electron chi connectivity index (χ1n) is 7.97. The summed E-state index contributed by atoms with van der Waals surface area (Å²) < 4.78 is 10.5. The molecule has 1 aromatic carbocycles. The zero-order valence-corrected chi connectivity index (χ0v) is 13.8. The van der Waals surface area contributed by atoms with E-state index in [0.717, 1.165) is 12.5 Å². The molecule has 0 aliphatic carbocycles. The number of benzene rings is 1. The maximum Gasteiger partial charge on any atom is 0.230 e. The minimum atomic E-state index is 0.0367. The highest BCUT2D eigenvalue weighted by Gasteiger charge is 2.19. The Morgan fingerprint density at radius 1 is 1.27 bits per heavy atom. The van der Waals surface area contributed by atoms with Gasteiger partial charge < -0.3 is 19.7 Å². The van der Waals surface area contributed by atoms with E-state index in [9.17, 15) is 4.79 Å². The average molecular weight is 307 g/mol. The molecule has 1 saturated heterocycles. The number of likely N-dealkylation sites (tertiary alicyclic amines) is 1. The Morgan fingerprint density at radius 3 is 2.64 bits per heavy atom. The van der Waals surface area contributed by atoms with E-state index in [1.54, 1.807) is 20.3 Å². The van der Waals surface area contributed by atoms with Gasteiger partial charge in [0.05, 0.1) is 46.0 Å². The van der Waals surface area contributed by atoms with Gasteiger partial charge in [-0.3, -0.25) is 4.79 Å². The number of amides is 1. The highest BCUT2D eigenvalue weighted by Crippen LogP contribution is 2.28. The number of quaternary nitrogens is 1. The van der Waals surface area contributed by atoms with Crippen LogP contribution in [-0.4, -0.2) is 39.8 Å². The van der Waals surface area contributed by atoms with Gasteiger partial charge in [-0.1, -0.05) is 6.92 Å². The zero-order valence-electron chi connectivity index (χ0n) is 13.8. The van der Waals surface area contributed by atoms with Gasteiger partial charge in [-0.2, -0.15) is 0 Å². The number of carbonyl (C=O) groups excluding carboxylic acids is 1. The summed E-state index contributed by atoms with van der Waals surface area (Å²) in [6.45, 7) is 5.57. The van der Waals surface area contributed by atoms with Crippen molar-refractivity contribution in [1.82, 2.24) is 0 Å². The maximum absolute atomic E-state index is 12.1. The SMILES string of the molecule is COc1ccc(NC(=O)CC[NH+]2CCC(C)CC2)c(OC)c1. The van der Waals surface area contributed by atoms with Gasteiger partial charge in [0, 0.05) is 6.07 Å². The molecule has 1 amide bonds. The number of methoxy groups -OCH3 is 2. The van der Waals surface area contributed by atoms with E-state index in [1.165, 1.54) is 30.8 Å². The monoisotopic (exact) mass is 307 g/mol. The van der Waals surface area contributed by atoms with E-state index in [1.807, 2.05) is 12.1 Å². The molecule has 0 atom stereocenters. The highest BCUT2D eigenvalue weighted by atomic mass is 16.5. The molecule has 0 radical (unpaired) electrons. The first kappa shape index (κ1) is 16.6. The van der Waals surface area contributed by atoms with E-state index >= 15 is 0 Å². The second kappa shape index (κ2) is 8.03. The molecule has 1 aromatic rings. The van der Waals surface area contributed by atoms with Gasteiger partial charge in [-0.15, -0.1) is 0 Å². The Hall–Kier alpha value is -1.75. The normalized spacial score (nSPS) is 21.2. The Balaban J connectivity index is 1.84. The molecule has 0 spiro atoms. The fourth-order valence-electron chi connectivity index (χ4n) is 2.83. The van der Waals surface area contributed by atoms with Crippen molar-refractivity contribution in [2.45, 2.75) is 26.2 Å². The lowest BCUT2D eigenvalue weighted by atomic mass is 9.99. The summed E-state index contributed by atoms with van der Waals surface area (Å²) in [5, 5.41) is 2.93. The lowest BCUT2D eigenvalue weighted by molar-refractivity contribution is -0.905. The summed E-state index contributed by atoms with van der Waals surface area (Å²) in [6.07, 6.45) is 3.07. The molecule has 2 N–H and O–H groups in total. The van der Waals surface area contributed by atoms with Crippen molar-refractivity contribution in [2.24, 2.45) is 5.92 Å². The fraction of sp³-hybridized carbons (Fsp3) is 0.588. The first-order chi connectivity index (χ1) is 10.6. The molecule has 2 rings (SSSR count). The second-order valence-corrected chi connectivity index (χ2v) is 6.05. The smallest absolute Gasteiger partial charge is 0.230 e. The van der Waals surface area contributed by atoms with Gasteiger partial charge >= 0.3 is 0 Å². The van der Waals surface area contributed by atoms with Crippen LogP contribution in [0.1, 0.15) is 26.2 Å². The van der Waals surface area contributed by atoms with E-state index < -0.39 is 0 Å². The minimum absolute atomic E-state index is 0.0367. The van der Waals surface area contributed by atoms with Crippen LogP contribution in [0.5, 0.6) is 11.5 Å². The van der Waals surface area contributed by atoms with Gasteiger partial charge in [0.1, 0.15) is 11.5 Å². The molecule has 0 saturated carbocycles. The van der Waals surface area contributed by atoms with Crippen molar-refractivity contribution >= 4 is 11.6 Å². The lowest BCUT2D eigenvalue weighted by Gasteiger charge is -2.27. The van der Waals surface area contributed by atoms with E-state index in [4.69, 9.17) is 9.47 Å². The largest absolute Gasteiger partial charge is 0.497 e. The summed E-state index contributed by atoms with van der Waals surface area (Å²) in [6, 6.07) is 5.40. The Morgan fingerprint density at radius 2 is 2.00 bits per heavy atom. The molecule has 22 heavy (non-hydrogen) atoms. The van der Waals surface area contributed by atoms with Crippen LogP contribution in [0, 0.1) is 5.92 Å². The maximum atomic E-state index is 12.1. The molecule has 1 heterocycles. The summed E-state index contributed by atoms with van der Waals surface area (Å²) in [4.78, 5) is 13.7. The van der Waals surface area contributed by atoms with E-state index in [0.29, 0.717) is 23.6 Å². The first-order valence-corrected chi connectivity index (χ1v) is 7.97. The van der Waals surface area contributed by atoms with Crippen molar-refractivity contribution in [3.8, 4) is 11.5 Å². The van der Waals surface area contributed by atoms with Gasteiger partial charge in [0.25, 0.3) is 0 Å². The van der Waals surface area contributed by atoms with Gasteiger partial charge in [0.2, 0.25) is 5.91 Å². The molecule has 1 fully saturated rings. The lowest BCUT2D eigenvalue weighted by Crippen LogP contribution is -3.13. The van der Waals surface area contributed by atoms with Crippen molar-refractivity contribution in [1.29, 1.82) is 0 Å². The summed E-state index contributed by atoms with van der Waals surface area (Å²) >= 11 is 0. The third kappa shape index (κ3) is 4.63. The summed E-state index contributed by atoms with van der Waals surface area (Å²) in [5.41, 5.74) is 0.690. The van der Waals surface area contributed by atoms with Gasteiger partial charge in [-0.25, -0.2) is 0 Å². The van der Waals surface area contributed by atoms with Crippen LogP contribution in [0.3, 0.4) is 0 Å². The van der Waals surface area contributed by atoms with Crippen molar-refractivity contribution in [3.05, 3.63) is 18.2 Å². The number of hydrogen-bond acceptors (Lipinski definition) is 3. The van der Waals surface area contributed by atoms with Crippen LogP contribution in [-0.2, 0) is 4.79 Å². The molecular formula is C17H27N2O3+. The van der Waals surface area contributed by atoms with Gasteiger partial charge in [-0.05, 0) is 30.9 Å². The molecular weight excluding hydrogens is 280 g/mol. The topological polar surface area (TPSA) is 52.0 Å². The number of anilines is 1. The zero-order chi connectivity index (χ0) is 15.9. The molecule has 1 aliphatic rings. The molecule has 5 nitrogen and oxygen atoms in total. The Labute approximate surface area is 132 Å². The quantitative estimate of drug-likeness (QED) is 0.834. The number of nitrogens with one attached hydrogen (secondary N) is 2. The van der Waals surface area contributed by atoms with Crippen LogP contribution in [0.25, 0.3) is 0 Å². The number of ether oxygens (including phenoxy) is 2. The number of hydrogen-bond donors (Lipinski definition) is 2. The van der Waals surface area contributed by atoms with Crippen LogP contribution >= 0.6 is 0 Å². The number of piperidine rings is 1. The van der Waals surface area contributed by atoms with Crippen molar-refractivity contribution < 1.29 is 19.2 Å². The van der Waals surface area contributed by atoms with Crippen molar-refractivity contribution in [3.63, 3.8) is 0 Å². The third-order valence-corrected chi connectivity index (χ3v) is 4.37. The van der Waals surface area contributed by atoms with Crippen molar-refractivity contribution in [2.75, 3.05) is 39.2 Å². The molecule has 0 unspecified atom stereocenters.